The minimum absolute atomic E-state index is 0.0238. The summed E-state index contributed by atoms with van der Waals surface area (Å²) in [6, 6.07) is 10.6. The van der Waals surface area contributed by atoms with E-state index in [0.717, 1.165) is 18.5 Å². The summed E-state index contributed by atoms with van der Waals surface area (Å²) in [6.07, 6.45) is 2.08. The molecule has 2 fully saturated rings. The lowest BCUT2D eigenvalue weighted by Gasteiger charge is -2.19. The number of rotatable bonds is 9. The fourth-order valence-corrected chi connectivity index (χ4v) is 5.23. The van der Waals surface area contributed by atoms with Crippen molar-refractivity contribution in [1.82, 2.24) is 14.5 Å². The Morgan fingerprint density at radius 1 is 1.14 bits per heavy atom. The van der Waals surface area contributed by atoms with E-state index in [4.69, 9.17) is 16.3 Å². The maximum absolute atomic E-state index is 13.2. The molecule has 9 nitrogen and oxygen atoms in total. The second-order valence-corrected chi connectivity index (χ2v) is 10.2. The number of hydrogen-bond donors (Lipinski definition) is 3. The van der Waals surface area contributed by atoms with Crippen LogP contribution in [0.1, 0.15) is 19.8 Å². The monoisotopic (exact) mass is 525 g/mol. The Morgan fingerprint density at radius 2 is 1.95 bits per heavy atom. The topological polar surface area (TPSA) is 106 Å². The highest BCUT2D eigenvalue weighted by molar-refractivity contribution is 6.33. The summed E-state index contributed by atoms with van der Waals surface area (Å²) in [5.74, 6) is 0.586. The summed E-state index contributed by atoms with van der Waals surface area (Å²) in [6.45, 7) is 4.36. The van der Waals surface area contributed by atoms with E-state index in [-0.39, 0.29) is 29.0 Å². The van der Waals surface area contributed by atoms with E-state index in [1.807, 2.05) is 19.1 Å². The number of amides is 1. The average molecular weight is 526 g/mol. The highest BCUT2D eigenvalue weighted by Gasteiger charge is 2.33. The molecule has 37 heavy (non-hydrogen) atoms. The number of aromatic nitrogens is 2. The SMILES string of the molecule is CCn1c(=O)n(CC2CC2)c(=O)c2cc(NC(=O)[C@@H]3CNC[C@H]3COc3ccc(NC)c(Cl)c3)ccc21. The highest BCUT2D eigenvalue weighted by atomic mass is 35.5. The summed E-state index contributed by atoms with van der Waals surface area (Å²) < 4.78 is 8.92. The molecule has 10 heteroatoms. The van der Waals surface area contributed by atoms with Crippen LogP contribution in [-0.4, -0.2) is 41.8 Å². The number of anilines is 2. The van der Waals surface area contributed by atoms with Crippen LogP contribution in [0.25, 0.3) is 10.9 Å². The van der Waals surface area contributed by atoms with Crippen molar-refractivity contribution >= 4 is 39.8 Å². The van der Waals surface area contributed by atoms with Crippen molar-refractivity contribution in [3.05, 3.63) is 62.3 Å². The molecule has 1 aliphatic carbocycles. The van der Waals surface area contributed by atoms with Gasteiger partial charge in [-0.25, -0.2) is 4.79 Å². The van der Waals surface area contributed by atoms with Crippen molar-refractivity contribution in [1.29, 1.82) is 0 Å². The van der Waals surface area contributed by atoms with Crippen LogP contribution < -0.4 is 31.9 Å². The third-order valence-corrected chi connectivity index (χ3v) is 7.61. The number of fused-ring (bicyclic) bond motifs is 1. The first-order valence-electron chi connectivity index (χ1n) is 12.8. The first-order chi connectivity index (χ1) is 17.9. The molecule has 196 valence electrons. The standard InChI is InChI=1S/C27H32ClN5O4/c1-3-32-24-9-6-18(10-20(24)26(35)33(27(32)36)14-16-4-5-16)31-25(34)21-13-30-12-17(21)15-37-19-7-8-23(29-2)22(28)11-19/h6-11,16-17,21,29-30H,3-5,12-15H2,1-2H3,(H,31,34)/t17-,21+/m0/s1. The molecule has 1 saturated carbocycles. The van der Waals surface area contributed by atoms with Gasteiger partial charge in [0.05, 0.1) is 34.1 Å². The van der Waals surface area contributed by atoms with Crippen LogP contribution in [0.5, 0.6) is 5.75 Å². The van der Waals surface area contributed by atoms with E-state index in [1.165, 1.54) is 4.57 Å². The largest absolute Gasteiger partial charge is 0.493 e. The van der Waals surface area contributed by atoms with Gasteiger partial charge in [0.25, 0.3) is 5.56 Å². The number of carbonyl (C=O) groups excluding carboxylic acids is 1. The normalized spacial score (nSPS) is 19.2. The second-order valence-electron chi connectivity index (χ2n) is 9.83. The van der Waals surface area contributed by atoms with Crippen molar-refractivity contribution in [3.63, 3.8) is 0 Å². The van der Waals surface area contributed by atoms with Crippen LogP contribution in [-0.2, 0) is 17.9 Å². The molecular weight excluding hydrogens is 494 g/mol. The first kappa shape index (κ1) is 25.4. The van der Waals surface area contributed by atoms with Gasteiger partial charge in [0.1, 0.15) is 5.75 Å². The maximum atomic E-state index is 13.2. The Labute approximate surface area is 219 Å². The lowest BCUT2D eigenvalue weighted by molar-refractivity contribution is -0.120. The molecule has 3 aromatic rings. The first-order valence-corrected chi connectivity index (χ1v) is 13.2. The number of carbonyl (C=O) groups is 1. The van der Waals surface area contributed by atoms with Crippen LogP contribution in [0.3, 0.4) is 0 Å². The Kier molecular flexibility index (Phi) is 7.26. The molecule has 2 atom stereocenters. The van der Waals surface area contributed by atoms with Crippen LogP contribution >= 0.6 is 11.6 Å². The third kappa shape index (κ3) is 5.24. The number of ether oxygens (including phenoxy) is 1. The minimum Gasteiger partial charge on any atom is -0.493 e. The number of nitrogens with zero attached hydrogens (tertiary/aromatic N) is 2. The van der Waals surface area contributed by atoms with Gasteiger partial charge in [-0.05, 0) is 56.0 Å². The van der Waals surface area contributed by atoms with Crippen molar-refractivity contribution in [2.45, 2.75) is 32.9 Å². The Hall–Kier alpha value is -3.30. The smallest absolute Gasteiger partial charge is 0.331 e. The lowest BCUT2D eigenvalue weighted by Crippen LogP contribution is -2.40. The zero-order chi connectivity index (χ0) is 26.1. The summed E-state index contributed by atoms with van der Waals surface area (Å²) >= 11 is 6.25. The fourth-order valence-electron chi connectivity index (χ4n) is 4.97. The number of aryl methyl sites for hydroxylation is 1. The maximum Gasteiger partial charge on any atom is 0.331 e. The zero-order valence-electron chi connectivity index (χ0n) is 21.1. The van der Waals surface area contributed by atoms with Gasteiger partial charge >= 0.3 is 5.69 Å². The molecule has 1 aromatic heterocycles. The van der Waals surface area contributed by atoms with Gasteiger partial charge in [0, 0.05) is 50.9 Å². The lowest BCUT2D eigenvalue weighted by atomic mass is 9.96. The predicted octanol–water partition coefficient (Wildman–Crippen LogP) is 3.14. The molecule has 1 amide bonds. The number of halogens is 1. The molecule has 0 spiro atoms. The Morgan fingerprint density at radius 3 is 2.65 bits per heavy atom. The zero-order valence-corrected chi connectivity index (χ0v) is 21.8. The average Bonchev–Trinajstić information content (AvgIpc) is 3.59. The highest BCUT2D eigenvalue weighted by Crippen LogP contribution is 2.30. The number of benzene rings is 2. The van der Waals surface area contributed by atoms with E-state index in [1.54, 1.807) is 35.9 Å². The van der Waals surface area contributed by atoms with Crippen LogP contribution in [0, 0.1) is 17.8 Å². The molecule has 0 radical (unpaired) electrons. The van der Waals surface area contributed by atoms with Crippen molar-refractivity contribution < 1.29 is 9.53 Å². The molecule has 2 aliphatic rings. The number of nitrogens with one attached hydrogen (secondary N) is 3. The molecule has 3 N–H and O–H groups in total. The molecule has 0 unspecified atom stereocenters. The van der Waals surface area contributed by atoms with Gasteiger partial charge in [-0.15, -0.1) is 0 Å². The van der Waals surface area contributed by atoms with Gasteiger partial charge < -0.3 is 20.7 Å². The Bertz CT molecular complexity index is 1450. The van der Waals surface area contributed by atoms with E-state index in [9.17, 15) is 14.4 Å². The quantitative estimate of drug-likeness (QED) is 0.396. The van der Waals surface area contributed by atoms with Crippen molar-refractivity contribution in [3.8, 4) is 5.75 Å². The summed E-state index contributed by atoms with van der Waals surface area (Å²) in [5.41, 5.74) is 1.36. The van der Waals surface area contributed by atoms with Crippen molar-refractivity contribution in [2.24, 2.45) is 17.8 Å². The van der Waals surface area contributed by atoms with Gasteiger partial charge in [-0.1, -0.05) is 11.6 Å². The van der Waals surface area contributed by atoms with Crippen LogP contribution in [0.4, 0.5) is 11.4 Å². The molecule has 1 aliphatic heterocycles. The van der Waals surface area contributed by atoms with Crippen LogP contribution in [0.15, 0.2) is 46.0 Å². The summed E-state index contributed by atoms with van der Waals surface area (Å²) in [5, 5.41) is 10.3. The Balaban J connectivity index is 1.32. The molecule has 5 rings (SSSR count). The van der Waals surface area contributed by atoms with Gasteiger partial charge in [0.15, 0.2) is 0 Å². The molecular formula is C27H32ClN5O4. The molecule has 1 saturated heterocycles. The van der Waals surface area contributed by atoms with Crippen molar-refractivity contribution in [2.75, 3.05) is 37.4 Å². The summed E-state index contributed by atoms with van der Waals surface area (Å²) in [7, 11) is 1.80. The second kappa shape index (κ2) is 10.6. The van der Waals surface area contributed by atoms with E-state index >= 15 is 0 Å². The van der Waals surface area contributed by atoms with Gasteiger partial charge in [-0.2, -0.15) is 0 Å². The van der Waals surface area contributed by atoms with E-state index in [0.29, 0.717) is 66.1 Å². The fraction of sp³-hybridized carbons (Fsp3) is 0.444. The minimum atomic E-state index is -0.301. The number of hydrogen-bond acceptors (Lipinski definition) is 6. The van der Waals surface area contributed by atoms with Gasteiger partial charge in [0.2, 0.25) is 5.91 Å². The predicted molar refractivity (Wildman–Crippen MR) is 146 cm³/mol. The van der Waals surface area contributed by atoms with E-state index in [2.05, 4.69) is 16.0 Å². The molecule has 2 heterocycles. The summed E-state index contributed by atoms with van der Waals surface area (Å²) in [4.78, 5) is 39.3. The third-order valence-electron chi connectivity index (χ3n) is 7.30. The van der Waals surface area contributed by atoms with Gasteiger partial charge in [-0.3, -0.25) is 18.7 Å². The molecule has 2 aromatic carbocycles. The van der Waals surface area contributed by atoms with E-state index < -0.39 is 0 Å². The molecule has 0 bridgehead atoms. The van der Waals surface area contributed by atoms with Crippen LogP contribution in [0.2, 0.25) is 5.02 Å².